The van der Waals surface area contributed by atoms with Gasteiger partial charge in [0.25, 0.3) is 0 Å². The van der Waals surface area contributed by atoms with Gasteiger partial charge in [-0.05, 0) is 30.5 Å². The molecule has 1 N–H and O–H groups in total. The van der Waals surface area contributed by atoms with Crippen LogP contribution in [-0.2, 0) is 7.05 Å². The van der Waals surface area contributed by atoms with E-state index < -0.39 is 0 Å². The summed E-state index contributed by atoms with van der Waals surface area (Å²) in [5.74, 6) is 1.95. The number of hydrogen-bond donors (Lipinski definition) is 1. The summed E-state index contributed by atoms with van der Waals surface area (Å²) in [6, 6.07) is 16.7. The third-order valence-electron chi connectivity index (χ3n) is 4.74. The summed E-state index contributed by atoms with van der Waals surface area (Å²) in [5, 5.41) is 8.68. The van der Waals surface area contributed by atoms with Gasteiger partial charge in [0.1, 0.15) is 5.82 Å². The van der Waals surface area contributed by atoms with Crippen LogP contribution in [0, 0.1) is 6.92 Å². The molecule has 5 heteroatoms. The molecule has 0 atom stereocenters. The zero-order chi connectivity index (χ0) is 19.0. The fraction of sp³-hybridized carbons (Fsp3) is 0.227. The molecule has 5 nitrogen and oxygen atoms in total. The van der Waals surface area contributed by atoms with E-state index in [0.29, 0.717) is 11.7 Å². The zero-order valence-electron chi connectivity index (χ0n) is 16.1. The lowest BCUT2D eigenvalue weighted by atomic mass is 10.0. The molecule has 0 unspecified atom stereocenters. The topological polar surface area (TPSA) is 55.6 Å². The van der Waals surface area contributed by atoms with Crippen molar-refractivity contribution in [3.8, 4) is 11.4 Å². The second-order valence-corrected chi connectivity index (χ2v) is 7.17. The lowest BCUT2D eigenvalue weighted by Gasteiger charge is -2.10. The molecule has 0 saturated heterocycles. The molecule has 2 aromatic carbocycles. The summed E-state index contributed by atoms with van der Waals surface area (Å²) in [7, 11) is 1.90. The second kappa shape index (κ2) is 6.83. The zero-order valence-corrected chi connectivity index (χ0v) is 16.1. The number of benzene rings is 2. The number of aromatic nitrogens is 4. The predicted molar refractivity (Wildman–Crippen MR) is 110 cm³/mol. The van der Waals surface area contributed by atoms with E-state index in [4.69, 9.17) is 9.97 Å². The Labute approximate surface area is 159 Å². The van der Waals surface area contributed by atoms with Crippen LogP contribution in [0.1, 0.15) is 30.9 Å². The molecule has 4 rings (SSSR count). The lowest BCUT2D eigenvalue weighted by molar-refractivity contribution is 0.786. The maximum absolute atomic E-state index is 4.80. The van der Waals surface area contributed by atoms with Crippen LogP contribution in [0.3, 0.4) is 0 Å². The van der Waals surface area contributed by atoms with Gasteiger partial charge in [0.05, 0.1) is 11.6 Å². The quantitative estimate of drug-likeness (QED) is 0.545. The van der Waals surface area contributed by atoms with Gasteiger partial charge >= 0.3 is 0 Å². The minimum absolute atomic E-state index is 0.498. The average molecular weight is 357 g/mol. The molecule has 2 heterocycles. The highest BCUT2D eigenvalue weighted by Crippen LogP contribution is 2.28. The van der Waals surface area contributed by atoms with E-state index in [9.17, 15) is 0 Å². The van der Waals surface area contributed by atoms with E-state index in [1.165, 1.54) is 11.1 Å². The first-order valence-corrected chi connectivity index (χ1v) is 9.15. The van der Waals surface area contributed by atoms with Gasteiger partial charge in [-0.3, -0.25) is 4.68 Å². The van der Waals surface area contributed by atoms with Gasteiger partial charge in [-0.1, -0.05) is 55.8 Å². The summed E-state index contributed by atoms with van der Waals surface area (Å²) >= 11 is 0. The summed E-state index contributed by atoms with van der Waals surface area (Å²) in [6.07, 6.45) is 1.80. The Bertz CT molecular complexity index is 1080. The Morgan fingerprint density at radius 2 is 1.63 bits per heavy atom. The first-order valence-electron chi connectivity index (χ1n) is 9.15. The summed E-state index contributed by atoms with van der Waals surface area (Å²) in [5.41, 5.74) is 5.32. The number of rotatable bonds is 4. The molecule has 0 amide bonds. The Hall–Kier alpha value is -3.21. The van der Waals surface area contributed by atoms with Crippen LogP contribution in [0.15, 0.2) is 54.7 Å². The maximum Gasteiger partial charge on any atom is 0.163 e. The van der Waals surface area contributed by atoms with Crippen molar-refractivity contribution < 1.29 is 0 Å². The molecule has 0 saturated carbocycles. The smallest absolute Gasteiger partial charge is 0.163 e. The Kier molecular flexibility index (Phi) is 4.36. The van der Waals surface area contributed by atoms with Gasteiger partial charge < -0.3 is 5.32 Å². The minimum atomic E-state index is 0.498. The maximum atomic E-state index is 4.80. The molecule has 0 aliphatic heterocycles. The lowest BCUT2D eigenvalue weighted by Crippen LogP contribution is -2.01. The molecule has 4 aromatic rings. The van der Waals surface area contributed by atoms with Crippen LogP contribution < -0.4 is 5.32 Å². The third kappa shape index (κ3) is 3.40. The number of hydrogen-bond acceptors (Lipinski definition) is 4. The van der Waals surface area contributed by atoms with Gasteiger partial charge in [0, 0.05) is 18.3 Å². The molecular weight excluding hydrogens is 334 g/mol. The van der Waals surface area contributed by atoms with Gasteiger partial charge in [-0.2, -0.15) is 5.10 Å². The highest BCUT2D eigenvalue weighted by molar-refractivity contribution is 5.90. The third-order valence-corrected chi connectivity index (χ3v) is 4.74. The summed E-state index contributed by atoms with van der Waals surface area (Å²) in [4.78, 5) is 9.55. The molecule has 0 aliphatic rings. The molecule has 0 radical (unpaired) electrons. The molecule has 136 valence electrons. The van der Waals surface area contributed by atoms with Crippen molar-refractivity contribution in [2.45, 2.75) is 26.7 Å². The van der Waals surface area contributed by atoms with Crippen molar-refractivity contribution >= 4 is 22.5 Å². The van der Waals surface area contributed by atoms with Gasteiger partial charge in [0.15, 0.2) is 11.5 Å². The molecule has 0 aliphatic carbocycles. The van der Waals surface area contributed by atoms with E-state index in [0.717, 1.165) is 28.1 Å². The average Bonchev–Trinajstić information content (AvgIpc) is 3.05. The van der Waals surface area contributed by atoms with Crippen LogP contribution in [-0.4, -0.2) is 19.7 Å². The van der Waals surface area contributed by atoms with Crippen LogP contribution >= 0.6 is 0 Å². The number of aryl methyl sites for hydroxylation is 2. The van der Waals surface area contributed by atoms with Gasteiger partial charge in [0.2, 0.25) is 0 Å². The SMILES string of the molecule is Cc1ccc(Nc2nc(-c3ccc(C(C)C)cc3)nc3c2cnn3C)cc1. The highest BCUT2D eigenvalue weighted by atomic mass is 15.3. The first-order chi connectivity index (χ1) is 13.0. The van der Waals surface area contributed by atoms with Gasteiger partial charge in [-0.25, -0.2) is 9.97 Å². The van der Waals surface area contributed by atoms with E-state index in [2.05, 4.69) is 79.7 Å². The number of fused-ring (bicyclic) bond motifs is 1. The number of nitrogens with one attached hydrogen (secondary N) is 1. The van der Waals surface area contributed by atoms with Crippen LogP contribution in [0.25, 0.3) is 22.4 Å². The van der Waals surface area contributed by atoms with Gasteiger partial charge in [-0.15, -0.1) is 0 Å². The normalized spacial score (nSPS) is 11.3. The predicted octanol–water partition coefficient (Wildman–Crippen LogP) is 5.21. The Morgan fingerprint density at radius 1 is 0.926 bits per heavy atom. The highest BCUT2D eigenvalue weighted by Gasteiger charge is 2.13. The van der Waals surface area contributed by atoms with Crippen LogP contribution in [0.5, 0.6) is 0 Å². The van der Waals surface area contributed by atoms with Crippen molar-refractivity contribution in [3.05, 3.63) is 65.9 Å². The summed E-state index contributed by atoms with van der Waals surface area (Å²) < 4.78 is 1.78. The fourth-order valence-corrected chi connectivity index (χ4v) is 3.04. The monoisotopic (exact) mass is 357 g/mol. The van der Waals surface area contributed by atoms with E-state index in [1.54, 1.807) is 10.9 Å². The summed E-state index contributed by atoms with van der Waals surface area (Å²) in [6.45, 7) is 6.46. The molecule has 0 bridgehead atoms. The molecule has 0 spiro atoms. The van der Waals surface area contributed by atoms with Crippen molar-refractivity contribution in [2.24, 2.45) is 7.05 Å². The Morgan fingerprint density at radius 3 is 2.30 bits per heavy atom. The molecule has 0 fully saturated rings. The fourth-order valence-electron chi connectivity index (χ4n) is 3.04. The van der Waals surface area contributed by atoms with Crippen LogP contribution in [0.4, 0.5) is 11.5 Å². The number of anilines is 2. The largest absolute Gasteiger partial charge is 0.339 e. The van der Waals surface area contributed by atoms with Crippen molar-refractivity contribution in [2.75, 3.05) is 5.32 Å². The van der Waals surface area contributed by atoms with E-state index in [1.807, 2.05) is 7.05 Å². The first kappa shape index (κ1) is 17.2. The van der Waals surface area contributed by atoms with Crippen molar-refractivity contribution in [1.82, 2.24) is 19.7 Å². The van der Waals surface area contributed by atoms with E-state index in [-0.39, 0.29) is 0 Å². The Balaban J connectivity index is 1.79. The standard InChI is InChI=1S/C22H23N5/c1-14(2)16-7-9-17(10-8-16)20-25-21(19-13-23-27(4)22(19)26-20)24-18-11-5-15(3)6-12-18/h5-14H,1-4H3,(H,24,25,26). The minimum Gasteiger partial charge on any atom is -0.339 e. The van der Waals surface area contributed by atoms with Crippen LogP contribution in [0.2, 0.25) is 0 Å². The molecule has 2 aromatic heterocycles. The molecule has 27 heavy (non-hydrogen) atoms. The number of nitrogens with zero attached hydrogens (tertiary/aromatic N) is 4. The van der Waals surface area contributed by atoms with E-state index >= 15 is 0 Å². The molecular formula is C22H23N5. The van der Waals surface area contributed by atoms with Crippen molar-refractivity contribution in [1.29, 1.82) is 0 Å². The van der Waals surface area contributed by atoms with Crippen molar-refractivity contribution in [3.63, 3.8) is 0 Å². The second-order valence-electron chi connectivity index (χ2n) is 7.17.